The minimum atomic E-state index is -0.333. The Labute approximate surface area is 71.5 Å². The predicted octanol–water partition coefficient (Wildman–Crippen LogP) is -1.06. The van der Waals surface area contributed by atoms with Gasteiger partial charge in [0.2, 0.25) is 5.91 Å². The fourth-order valence-electron chi connectivity index (χ4n) is 1.66. The molecule has 0 saturated carbocycles. The maximum Gasteiger partial charge on any atom is 0.239 e. The van der Waals surface area contributed by atoms with Gasteiger partial charge in [-0.2, -0.15) is 0 Å². The summed E-state index contributed by atoms with van der Waals surface area (Å²) in [5, 5.41) is 12.2. The van der Waals surface area contributed by atoms with E-state index in [2.05, 4.69) is 5.32 Å². The van der Waals surface area contributed by atoms with Crippen LogP contribution in [0.4, 0.5) is 0 Å². The summed E-state index contributed by atoms with van der Waals surface area (Å²) in [4.78, 5) is 13.4. The summed E-state index contributed by atoms with van der Waals surface area (Å²) < 4.78 is 0. The fourth-order valence-corrected chi connectivity index (χ4v) is 1.66. The summed E-state index contributed by atoms with van der Waals surface area (Å²) in [5.74, 6) is 0.165. The highest BCUT2D eigenvalue weighted by molar-refractivity contribution is 5.82. The van der Waals surface area contributed by atoms with Crippen LogP contribution in [0.1, 0.15) is 12.8 Å². The van der Waals surface area contributed by atoms with E-state index in [9.17, 15) is 9.90 Å². The molecule has 0 aromatic carbocycles. The Balaban J connectivity index is 1.87. The van der Waals surface area contributed by atoms with Crippen molar-refractivity contribution in [3.8, 4) is 0 Å². The first kappa shape index (κ1) is 8.01. The van der Waals surface area contributed by atoms with Crippen molar-refractivity contribution < 1.29 is 9.90 Å². The van der Waals surface area contributed by atoms with Gasteiger partial charge in [0.1, 0.15) is 0 Å². The third-order valence-electron chi connectivity index (χ3n) is 2.57. The Bertz CT molecular complexity index is 191. The van der Waals surface area contributed by atoms with Crippen molar-refractivity contribution in [1.29, 1.82) is 0 Å². The highest BCUT2D eigenvalue weighted by Crippen LogP contribution is 2.13. The van der Waals surface area contributed by atoms with Crippen molar-refractivity contribution >= 4 is 5.91 Å². The molecule has 0 aromatic rings. The average molecular weight is 170 g/mol. The molecule has 2 rings (SSSR count). The molecule has 4 heteroatoms. The largest absolute Gasteiger partial charge is 0.392 e. The van der Waals surface area contributed by atoms with Crippen LogP contribution in [-0.2, 0) is 4.79 Å². The number of nitrogens with one attached hydrogen (secondary N) is 1. The van der Waals surface area contributed by atoms with Crippen LogP contribution in [0.3, 0.4) is 0 Å². The van der Waals surface area contributed by atoms with Gasteiger partial charge in [-0.05, 0) is 12.8 Å². The van der Waals surface area contributed by atoms with Crippen LogP contribution >= 0.6 is 0 Å². The van der Waals surface area contributed by atoms with E-state index in [4.69, 9.17) is 0 Å². The quantitative estimate of drug-likeness (QED) is 0.527. The Kier molecular flexibility index (Phi) is 2.02. The molecule has 68 valence electrons. The average Bonchev–Trinajstić information content (AvgIpc) is 2.31. The first-order valence-corrected chi connectivity index (χ1v) is 4.47. The molecule has 2 N–H and O–H groups in total. The second-order valence-electron chi connectivity index (χ2n) is 3.53. The molecule has 0 aliphatic carbocycles. The maximum atomic E-state index is 11.5. The molecule has 2 aliphatic rings. The highest BCUT2D eigenvalue weighted by atomic mass is 16.3. The SMILES string of the molecule is O=C([C@@H]1CC(O)CN1)N1CCC1. The highest BCUT2D eigenvalue weighted by Gasteiger charge is 2.33. The van der Waals surface area contributed by atoms with Crippen molar-refractivity contribution in [1.82, 2.24) is 10.2 Å². The number of amides is 1. The lowest BCUT2D eigenvalue weighted by atomic mass is 10.1. The monoisotopic (exact) mass is 170 g/mol. The number of rotatable bonds is 1. The number of nitrogens with zero attached hydrogens (tertiary/aromatic N) is 1. The third-order valence-corrected chi connectivity index (χ3v) is 2.57. The second kappa shape index (κ2) is 3.03. The number of β-amino-alcohol motifs (C(OH)–C–C–N with tert-alkyl or cyclic N) is 1. The summed E-state index contributed by atoms with van der Waals surface area (Å²) in [7, 11) is 0. The van der Waals surface area contributed by atoms with E-state index in [1.807, 2.05) is 4.90 Å². The van der Waals surface area contributed by atoms with Gasteiger partial charge < -0.3 is 15.3 Å². The first-order chi connectivity index (χ1) is 5.77. The zero-order valence-electron chi connectivity index (χ0n) is 6.99. The molecule has 4 nitrogen and oxygen atoms in total. The van der Waals surface area contributed by atoms with Crippen LogP contribution in [0, 0.1) is 0 Å². The summed E-state index contributed by atoms with van der Waals surface area (Å²) in [6.45, 7) is 2.35. The number of carbonyl (C=O) groups excluding carboxylic acids is 1. The summed E-state index contributed by atoms with van der Waals surface area (Å²) >= 11 is 0. The van der Waals surface area contributed by atoms with Gasteiger partial charge in [-0.3, -0.25) is 4.79 Å². The van der Waals surface area contributed by atoms with E-state index < -0.39 is 0 Å². The van der Waals surface area contributed by atoms with Crippen molar-refractivity contribution in [2.45, 2.75) is 25.0 Å². The van der Waals surface area contributed by atoms with Gasteiger partial charge in [0.15, 0.2) is 0 Å². The molecule has 12 heavy (non-hydrogen) atoms. The van der Waals surface area contributed by atoms with Crippen LogP contribution in [0.15, 0.2) is 0 Å². The molecule has 2 atom stereocenters. The van der Waals surface area contributed by atoms with Gasteiger partial charge in [0.05, 0.1) is 12.1 Å². The van der Waals surface area contributed by atoms with E-state index in [1.165, 1.54) is 0 Å². The molecule has 2 saturated heterocycles. The molecule has 1 unspecified atom stereocenters. The van der Waals surface area contributed by atoms with Gasteiger partial charge in [-0.15, -0.1) is 0 Å². The van der Waals surface area contributed by atoms with Crippen LogP contribution in [-0.4, -0.2) is 47.7 Å². The smallest absolute Gasteiger partial charge is 0.239 e. The fraction of sp³-hybridized carbons (Fsp3) is 0.875. The Morgan fingerprint density at radius 1 is 1.50 bits per heavy atom. The third kappa shape index (κ3) is 1.32. The molecular weight excluding hydrogens is 156 g/mol. The minimum Gasteiger partial charge on any atom is -0.392 e. The Morgan fingerprint density at radius 2 is 2.25 bits per heavy atom. The van der Waals surface area contributed by atoms with E-state index >= 15 is 0 Å². The van der Waals surface area contributed by atoms with Crippen LogP contribution in [0.25, 0.3) is 0 Å². The first-order valence-electron chi connectivity index (χ1n) is 4.47. The Morgan fingerprint density at radius 3 is 2.67 bits per heavy atom. The lowest BCUT2D eigenvalue weighted by Gasteiger charge is -2.33. The molecule has 0 bridgehead atoms. The van der Waals surface area contributed by atoms with Gasteiger partial charge in [0.25, 0.3) is 0 Å². The molecule has 0 spiro atoms. The number of hydrogen-bond donors (Lipinski definition) is 2. The Hall–Kier alpha value is -0.610. The van der Waals surface area contributed by atoms with Crippen molar-refractivity contribution in [2.75, 3.05) is 19.6 Å². The lowest BCUT2D eigenvalue weighted by molar-refractivity contribution is -0.136. The van der Waals surface area contributed by atoms with E-state index in [1.54, 1.807) is 0 Å². The molecule has 1 amide bonds. The van der Waals surface area contributed by atoms with Crippen LogP contribution in [0.2, 0.25) is 0 Å². The lowest BCUT2D eigenvalue weighted by Crippen LogP contribution is -2.49. The van der Waals surface area contributed by atoms with E-state index in [0.717, 1.165) is 19.5 Å². The second-order valence-corrected chi connectivity index (χ2v) is 3.53. The summed E-state index contributed by atoms with van der Waals surface area (Å²) in [6.07, 6.45) is 1.37. The zero-order valence-corrected chi connectivity index (χ0v) is 6.99. The summed E-state index contributed by atoms with van der Waals surface area (Å²) in [5.41, 5.74) is 0. The zero-order chi connectivity index (χ0) is 8.55. The molecule has 2 fully saturated rings. The van der Waals surface area contributed by atoms with Crippen LogP contribution < -0.4 is 5.32 Å². The number of carbonyl (C=O) groups is 1. The van der Waals surface area contributed by atoms with Gasteiger partial charge in [-0.1, -0.05) is 0 Å². The molecule has 0 radical (unpaired) electrons. The van der Waals surface area contributed by atoms with Crippen molar-refractivity contribution in [2.24, 2.45) is 0 Å². The van der Waals surface area contributed by atoms with Crippen molar-refractivity contribution in [3.05, 3.63) is 0 Å². The normalized spacial score (nSPS) is 34.9. The molecular formula is C8H14N2O2. The number of hydrogen-bond acceptors (Lipinski definition) is 3. The molecule has 2 aliphatic heterocycles. The number of likely N-dealkylation sites (tertiary alicyclic amines) is 1. The predicted molar refractivity (Wildman–Crippen MR) is 43.6 cm³/mol. The topological polar surface area (TPSA) is 52.6 Å². The number of aliphatic hydroxyl groups excluding tert-OH is 1. The van der Waals surface area contributed by atoms with Gasteiger partial charge >= 0.3 is 0 Å². The summed E-state index contributed by atoms with van der Waals surface area (Å²) in [6, 6.07) is -0.125. The van der Waals surface area contributed by atoms with Crippen LogP contribution in [0.5, 0.6) is 0 Å². The van der Waals surface area contributed by atoms with Crippen molar-refractivity contribution in [3.63, 3.8) is 0 Å². The molecule has 0 aromatic heterocycles. The number of aliphatic hydroxyl groups is 1. The van der Waals surface area contributed by atoms with Gasteiger partial charge in [-0.25, -0.2) is 0 Å². The van der Waals surface area contributed by atoms with Gasteiger partial charge in [0, 0.05) is 19.6 Å². The standard InChI is InChI=1S/C8H14N2O2/c11-6-4-7(9-5-6)8(12)10-2-1-3-10/h6-7,9,11H,1-5H2/t6?,7-/m0/s1. The minimum absolute atomic E-state index is 0.125. The maximum absolute atomic E-state index is 11.5. The molecule has 2 heterocycles. The van der Waals surface area contributed by atoms with E-state index in [-0.39, 0.29) is 18.1 Å². The van der Waals surface area contributed by atoms with E-state index in [0.29, 0.717) is 13.0 Å².